The molecule has 0 bridgehead atoms. The van der Waals surface area contributed by atoms with Gasteiger partial charge in [-0.2, -0.15) is 0 Å². The first kappa shape index (κ1) is 6.64. The molecule has 0 saturated heterocycles. The molecule has 4 nitrogen and oxygen atoms in total. The first-order valence-electron chi connectivity index (χ1n) is 3.91. The van der Waals surface area contributed by atoms with Crippen LogP contribution in [0.25, 0.3) is 0 Å². The maximum absolute atomic E-state index is 10.9. The van der Waals surface area contributed by atoms with E-state index >= 15 is 0 Å². The molecule has 0 radical (unpaired) electrons. The van der Waals surface area contributed by atoms with Crippen LogP contribution in [-0.4, -0.2) is 24.0 Å². The van der Waals surface area contributed by atoms with Gasteiger partial charge in [-0.1, -0.05) is 0 Å². The number of aliphatic imine (C=N–C) groups is 1. The average molecular weight is 153 g/mol. The normalized spacial score (nSPS) is 29.7. The van der Waals surface area contributed by atoms with Crippen LogP contribution in [0.3, 0.4) is 0 Å². The lowest BCUT2D eigenvalue weighted by Crippen LogP contribution is -2.38. The standard InChI is InChI=1S/C7H11N3O/c1-4-6(11)10-7(8-4)9-5-2-3-5/h4-5H,2-3H2,1H3,(H2,8,9,10,11). The first-order valence-corrected chi connectivity index (χ1v) is 3.91. The van der Waals surface area contributed by atoms with Gasteiger partial charge in [0.15, 0.2) is 5.96 Å². The van der Waals surface area contributed by atoms with Gasteiger partial charge in [0.25, 0.3) is 5.91 Å². The molecule has 0 aromatic heterocycles. The Bertz CT molecular complexity index is 220. The number of carbonyl (C=O) groups excluding carboxylic acids is 1. The smallest absolute Gasteiger partial charge is 0.251 e. The Labute approximate surface area is 65.1 Å². The lowest BCUT2D eigenvalue weighted by Gasteiger charge is -2.00. The number of rotatable bonds is 1. The molecular weight excluding hydrogens is 142 g/mol. The summed E-state index contributed by atoms with van der Waals surface area (Å²) in [7, 11) is 0. The Kier molecular flexibility index (Phi) is 1.34. The Morgan fingerprint density at radius 2 is 2.36 bits per heavy atom. The fourth-order valence-corrected chi connectivity index (χ4v) is 1.00. The van der Waals surface area contributed by atoms with E-state index in [1.165, 1.54) is 12.8 Å². The second kappa shape index (κ2) is 2.22. The monoisotopic (exact) mass is 153 g/mol. The molecule has 4 heteroatoms. The molecule has 1 aliphatic carbocycles. The molecule has 0 aromatic carbocycles. The number of guanidine groups is 1. The number of nitrogens with one attached hydrogen (secondary N) is 2. The molecule has 0 spiro atoms. The molecule has 2 N–H and O–H groups in total. The highest BCUT2D eigenvalue weighted by atomic mass is 16.2. The van der Waals surface area contributed by atoms with Crippen LogP contribution in [0, 0.1) is 0 Å². The van der Waals surface area contributed by atoms with Crippen LogP contribution < -0.4 is 10.6 Å². The minimum Gasteiger partial charge on any atom is -0.353 e. The number of hydrogen-bond acceptors (Lipinski definition) is 3. The number of nitrogens with zero attached hydrogens (tertiary/aromatic N) is 1. The predicted molar refractivity (Wildman–Crippen MR) is 41.2 cm³/mol. The van der Waals surface area contributed by atoms with Crippen LogP contribution in [0.1, 0.15) is 19.8 Å². The Morgan fingerprint density at radius 3 is 2.82 bits per heavy atom. The zero-order valence-corrected chi connectivity index (χ0v) is 6.42. The predicted octanol–water partition coefficient (Wildman–Crippen LogP) is -0.387. The van der Waals surface area contributed by atoms with E-state index < -0.39 is 0 Å². The number of amides is 1. The molecule has 1 unspecified atom stereocenters. The van der Waals surface area contributed by atoms with Gasteiger partial charge in [-0.15, -0.1) is 0 Å². The van der Waals surface area contributed by atoms with Crippen molar-refractivity contribution in [2.24, 2.45) is 4.99 Å². The van der Waals surface area contributed by atoms with Crippen molar-refractivity contribution in [2.75, 3.05) is 0 Å². The third-order valence-corrected chi connectivity index (χ3v) is 1.86. The van der Waals surface area contributed by atoms with Gasteiger partial charge in [-0.3, -0.25) is 10.1 Å². The van der Waals surface area contributed by atoms with Gasteiger partial charge < -0.3 is 5.32 Å². The number of hydrogen-bond donors (Lipinski definition) is 2. The first-order chi connectivity index (χ1) is 5.25. The Morgan fingerprint density at radius 1 is 1.64 bits per heavy atom. The summed E-state index contributed by atoms with van der Waals surface area (Å²) < 4.78 is 0. The van der Waals surface area contributed by atoms with Crippen LogP contribution in [0.15, 0.2) is 4.99 Å². The fraction of sp³-hybridized carbons (Fsp3) is 0.714. The van der Waals surface area contributed by atoms with Gasteiger partial charge in [0.2, 0.25) is 0 Å². The van der Waals surface area contributed by atoms with E-state index in [4.69, 9.17) is 0 Å². The van der Waals surface area contributed by atoms with E-state index in [9.17, 15) is 4.79 Å². The van der Waals surface area contributed by atoms with Crippen LogP contribution in [0.4, 0.5) is 0 Å². The summed E-state index contributed by atoms with van der Waals surface area (Å²) in [5.41, 5.74) is 0. The van der Waals surface area contributed by atoms with E-state index in [0.717, 1.165) is 0 Å². The number of carbonyl (C=O) groups is 1. The van der Waals surface area contributed by atoms with E-state index in [2.05, 4.69) is 15.6 Å². The second-order valence-corrected chi connectivity index (χ2v) is 3.06. The zero-order valence-electron chi connectivity index (χ0n) is 6.42. The molecule has 1 heterocycles. The lowest BCUT2D eigenvalue weighted by molar-refractivity contribution is -0.119. The summed E-state index contributed by atoms with van der Waals surface area (Å²) in [5.74, 6) is 0.651. The molecule has 2 rings (SSSR count). The summed E-state index contributed by atoms with van der Waals surface area (Å²) in [6, 6.07) is 0.343. The molecule has 1 fully saturated rings. The molecule has 2 aliphatic rings. The highest BCUT2D eigenvalue weighted by Gasteiger charge is 2.27. The van der Waals surface area contributed by atoms with E-state index in [1.807, 2.05) is 0 Å². The van der Waals surface area contributed by atoms with Gasteiger partial charge in [-0.25, -0.2) is 4.99 Å². The molecule has 1 aliphatic heterocycles. The molecule has 11 heavy (non-hydrogen) atoms. The Hall–Kier alpha value is -1.06. The van der Waals surface area contributed by atoms with Crippen LogP contribution >= 0.6 is 0 Å². The molecule has 1 amide bonds. The van der Waals surface area contributed by atoms with Crippen LogP contribution in [0.2, 0.25) is 0 Å². The van der Waals surface area contributed by atoms with Crippen LogP contribution in [0.5, 0.6) is 0 Å². The van der Waals surface area contributed by atoms with Crippen molar-refractivity contribution in [3.63, 3.8) is 0 Å². The van der Waals surface area contributed by atoms with E-state index in [1.54, 1.807) is 6.92 Å². The molecular formula is C7H11N3O. The van der Waals surface area contributed by atoms with Crippen molar-refractivity contribution >= 4 is 11.9 Å². The third-order valence-electron chi connectivity index (χ3n) is 1.86. The van der Waals surface area contributed by atoms with Gasteiger partial charge in [0.05, 0.1) is 0 Å². The van der Waals surface area contributed by atoms with Crippen molar-refractivity contribution in [3.05, 3.63) is 0 Å². The van der Waals surface area contributed by atoms with Crippen molar-refractivity contribution in [2.45, 2.75) is 31.8 Å². The van der Waals surface area contributed by atoms with Gasteiger partial charge in [0.1, 0.15) is 6.04 Å². The highest BCUT2D eigenvalue weighted by molar-refractivity contribution is 6.04. The molecule has 0 aromatic rings. The SMILES string of the molecule is CC1N=C(NC2CC2)NC1=O. The summed E-state index contributed by atoms with van der Waals surface area (Å²) in [5, 5.41) is 5.81. The minimum atomic E-state index is -0.212. The summed E-state index contributed by atoms with van der Waals surface area (Å²) in [6.07, 6.45) is 2.40. The minimum absolute atomic E-state index is 0.00634. The largest absolute Gasteiger partial charge is 0.353 e. The molecule has 1 saturated carbocycles. The maximum Gasteiger partial charge on any atom is 0.251 e. The van der Waals surface area contributed by atoms with Gasteiger partial charge in [-0.05, 0) is 19.8 Å². The fourth-order valence-electron chi connectivity index (χ4n) is 1.00. The highest BCUT2D eigenvalue weighted by Crippen LogP contribution is 2.18. The molecule has 1 atom stereocenters. The second-order valence-electron chi connectivity index (χ2n) is 3.06. The van der Waals surface area contributed by atoms with E-state index in [0.29, 0.717) is 12.0 Å². The topological polar surface area (TPSA) is 53.5 Å². The Balaban J connectivity index is 1.93. The van der Waals surface area contributed by atoms with Crippen molar-refractivity contribution in [1.82, 2.24) is 10.6 Å². The third kappa shape index (κ3) is 1.34. The summed E-state index contributed by atoms with van der Waals surface area (Å²) in [6.45, 7) is 1.79. The average Bonchev–Trinajstić information content (AvgIpc) is 2.65. The van der Waals surface area contributed by atoms with Crippen molar-refractivity contribution in [1.29, 1.82) is 0 Å². The van der Waals surface area contributed by atoms with Crippen molar-refractivity contribution in [3.8, 4) is 0 Å². The maximum atomic E-state index is 10.9. The van der Waals surface area contributed by atoms with Gasteiger partial charge >= 0.3 is 0 Å². The molecule has 60 valence electrons. The quantitative estimate of drug-likeness (QED) is 0.539. The summed E-state index contributed by atoms with van der Waals surface area (Å²) >= 11 is 0. The summed E-state index contributed by atoms with van der Waals surface area (Å²) in [4.78, 5) is 15.0. The van der Waals surface area contributed by atoms with Crippen molar-refractivity contribution < 1.29 is 4.79 Å². The van der Waals surface area contributed by atoms with E-state index in [-0.39, 0.29) is 11.9 Å². The zero-order chi connectivity index (χ0) is 7.84. The van der Waals surface area contributed by atoms with Gasteiger partial charge in [0, 0.05) is 6.04 Å². The van der Waals surface area contributed by atoms with Crippen LogP contribution in [-0.2, 0) is 4.79 Å². The lowest BCUT2D eigenvalue weighted by atomic mass is 10.4.